The van der Waals surface area contributed by atoms with E-state index in [0.29, 0.717) is 6.54 Å². The first-order valence-corrected chi connectivity index (χ1v) is 8.03. The Morgan fingerprint density at radius 1 is 1.33 bits per heavy atom. The number of aryl methyl sites for hydroxylation is 2. The van der Waals surface area contributed by atoms with E-state index in [-0.39, 0.29) is 0 Å². The summed E-state index contributed by atoms with van der Waals surface area (Å²) in [6.07, 6.45) is 0.946. The minimum absolute atomic E-state index is 0.512. The van der Waals surface area contributed by atoms with Crippen LogP contribution in [-0.4, -0.2) is 22.5 Å². The highest BCUT2D eigenvalue weighted by molar-refractivity contribution is 7.10. The molecule has 1 atom stereocenters. The fourth-order valence-electron chi connectivity index (χ4n) is 2.96. The zero-order chi connectivity index (χ0) is 15.0. The average molecular weight is 301 g/mol. The molecule has 2 aromatic rings. The van der Waals surface area contributed by atoms with Crippen LogP contribution < -0.4 is 0 Å². The van der Waals surface area contributed by atoms with Crippen LogP contribution in [0.15, 0.2) is 29.6 Å². The third-order valence-corrected chi connectivity index (χ3v) is 5.25. The second-order valence-electron chi connectivity index (χ2n) is 5.68. The number of nitrogens with zero attached hydrogens (tertiary/aromatic N) is 1. The van der Waals surface area contributed by atoms with Gasteiger partial charge < -0.3 is 5.11 Å². The van der Waals surface area contributed by atoms with Crippen LogP contribution in [0.3, 0.4) is 0 Å². The summed E-state index contributed by atoms with van der Waals surface area (Å²) in [5.74, 6) is -0.752. The second kappa shape index (κ2) is 5.62. The summed E-state index contributed by atoms with van der Waals surface area (Å²) >= 11 is 1.67. The normalized spacial score (nSPS) is 18.5. The molecule has 3 rings (SSSR count). The molecular formula is C17H19NO2S. The van der Waals surface area contributed by atoms with Crippen LogP contribution in [0.1, 0.15) is 33.2 Å². The van der Waals surface area contributed by atoms with E-state index >= 15 is 0 Å². The molecule has 0 amide bonds. The summed E-state index contributed by atoms with van der Waals surface area (Å²) in [5, 5.41) is 11.6. The molecule has 0 fully saturated rings. The Hall–Kier alpha value is -1.65. The van der Waals surface area contributed by atoms with E-state index in [1.54, 1.807) is 11.3 Å². The number of carboxylic acids is 1. The summed E-state index contributed by atoms with van der Waals surface area (Å²) in [6, 6.07) is 7.83. The van der Waals surface area contributed by atoms with Gasteiger partial charge in [0.25, 0.3) is 0 Å². The van der Waals surface area contributed by atoms with Gasteiger partial charge in [0.1, 0.15) is 6.04 Å². The van der Waals surface area contributed by atoms with Gasteiger partial charge in [-0.05, 0) is 54.0 Å². The number of carboxylic acid groups (broad SMARTS) is 1. The molecule has 21 heavy (non-hydrogen) atoms. The Balaban J connectivity index is 1.88. The van der Waals surface area contributed by atoms with Crippen LogP contribution in [0.5, 0.6) is 0 Å². The molecule has 110 valence electrons. The Morgan fingerprint density at radius 3 is 2.86 bits per heavy atom. The first-order valence-electron chi connectivity index (χ1n) is 7.15. The predicted molar refractivity (Wildman–Crippen MR) is 84.7 cm³/mol. The van der Waals surface area contributed by atoms with E-state index in [0.717, 1.165) is 18.5 Å². The fraction of sp³-hybridized carbons (Fsp3) is 0.353. The number of thiophene rings is 1. The quantitative estimate of drug-likeness (QED) is 0.942. The van der Waals surface area contributed by atoms with Crippen LogP contribution in [-0.2, 0) is 17.8 Å². The van der Waals surface area contributed by atoms with Crippen molar-refractivity contribution in [2.24, 2.45) is 0 Å². The topological polar surface area (TPSA) is 40.5 Å². The third kappa shape index (κ3) is 2.74. The molecular weight excluding hydrogens is 282 g/mol. The molecule has 0 radical (unpaired) electrons. The summed E-state index contributed by atoms with van der Waals surface area (Å²) in [6.45, 7) is 5.68. The van der Waals surface area contributed by atoms with Gasteiger partial charge in [0, 0.05) is 18.0 Å². The van der Waals surface area contributed by atoms with Crippen molar-refractivity contribution in [3.05, 3.63) is 56.8 Å². The van der Waals surface area contributed by atoms with Crippen molar-refractivity contribution in [2.75, 3.05) is 6.54 Å². The molecule has 0 spiro atoms. The maximum Gasteiger partial charge on any atom is 0.325 e. The van der Waals surface area contributed by atoms with Gasteiger partial charge in [0.2, 0.25) is 0 Å². The molecule has 1 aromatic carbocycles. The monoisotopic (exact) mass is 301 g/mol. The minimum atomic E-state index is -0.752. The second-order valence-corrected chi connectivity index (χ2v) is 6.68. The van der Waals surface area contributed by atoms with Gasteiger partial charge in [-0.1, -0.05) is 18.2 Å². The Bertz CT molecular complexity index is 677. The summed E-state index contributed by atoms with van der Waals surface area (Å²) < 4.78 is 0. The van der Waals surface area contributed by atoms with E-state index in [2.05, 4.69) is 36.9 Å². The molecule has 1 aliphatic rings. The van der Waals surface area contributed by atoms with Crippen LogP contribution in [0.25, 0.3) is 0 Å². The van der Waals surface area contributed by atoms with Crippen molar-refractivity contribution in [3.8, 4) is 0 Å². The molecule has 2 heterocycles. The van der Waals surface area contributed by atoms with Crippen molar-refractivity contribution in [1.82, 2.24) is 4.90 Å². The van der Waals surface area contributed by atoms with E-state index in [9.17, 15) is 9.90 Å². The first-order chi connectivity index (χ1) is 10.1. The average Bonchev–Trinajstić information content (AvgIpc) is 2.90. The molecule has 1 unspecified atom stereocenters. The lowest BCUT2D eigenvalue weighted by molar-refractivity contribution is -0.144. The van der Waals surface area contributed by atoms with Gasteiger partial charge in [0.15, 0.2) is 0 Å². The summed E-state index contributed by atoms with van der Waals surface area (Å²) in [7, 11) is 0. The Labute approximate surface area is 128 Å². The van der Waals surface area contributed by atoms with Crippen molar-refractivity contribution < 1.29 is 9.90 Å². The molecule has 0 saturated heterocycles. The van der Waals surface area contributed by atoms with Crippen molar-refractivity contribution >= 4 is 17.3 Å². The van der Waals surface area contributed by atoms with E-state index in [1.165, 1.54) is 21.6 Å². The number of aliphatic carboxylic acids is 1. The van der Waals surface area contributed by atoms with Crippen LogP contribution in [0.4, 0.5) is 0 Å². The Kier molecular flexibility index (Phi) is 3.83. The number of fused-ring (bicyclic) bond motifs is 1. The SMILES string of the molecule is Cc1ccc(CN2CCc3sccc3C2C(=O)O)cc1C. The van der Waals surface area contributed by atoms with Gasteiger partial charge in [-0.25, -0.2) is 0 Å². The number of rotatable bonds is 3. The van der Waals surface area contributed by atoms with Gasteiger partial charge in [-0.3, -0.25) is 9.69 Å². The number of hydrogen-bond donors (Lipinski definition) is 1. The van der Waals surface area contributed by atoms with Gasteiger partial charge in [-0.15, -0.1) is 11.3 Å². The zero-order valence-electron chi connectivity index (χ0n) is 12.3. The zero-order valence-corrected chi connectivity index (χ0v) is 13.1. The molecule has 3 nitrogen and oxygen atoms in total. The van der Waals surface area contributed by atoms with E-state index in [1.807, 2.05) is 11.4 Å². The van der Waals surface area contributed by atoms with Gasteiger partial charge >= 0.3 is 5.97 Å². The highest BCUT2D eigenvalue weighted by Gasteiger charge is 2.33. The maximum atomic E-state index is 11.7. The van der Waals surface area contributed by atoms with Crippen molar-refractivity contribution in [2.45, 2.75) is 32.9 Å². The number of hydrogen-bond acceptors (Lipinski definition) is 3. The fourth-order valence-corrected chi connectivity index (χ4v) is 3.87. The molecule has 1 N–H and O–H groups in total. The van der Waals surface area contributed by atoms with E-state index < -0.39 is 12.0 Å². The highest BCUT2D eigenvalue weighted by atomic mass is 32.1. The number of carbonyl (C=O) groups is 1. The van der Waals surface area contributed by atoms with Gasteiger partial charge in [0.05, 0.1) is 0 Å². The molecule has 0 bridgehead atoms. The third-order valence-electron chi connectivity index (χ3n) is 4.26. The standard InChI is InChI=1S/C17H19NO2S/c1-11-3-4-13(9-12(11)2)10-18-7-5-15-14(6-8-21-15)16(18)17(19)20/h3-4,6,8-9,16H,5,7,10H2,1-2H3,(H,19,20). The van der Waals surface area contributed by atoms with Crippen LogP contribution in [0, 0.1) is 13.8 Å². The van der Waals surface area contributed by atoms with E-state index in [4.69, 9.17) is 0 Å². The molecule has 0 aliphatic carbocycles. The maximum absolute atomic E-state index is 11.7. The molecule has 1 aliphatic heterocycles. The molecule has 0 saturated carbocycles. The first kappa shape index (κ1) is 14.3. The summed E-state index contributed by atoms with van der Waals surface area (Å²) in [4.78, 5) is 15.0. The van der Waals surface area contributed by atoms with Crippen molar-refractivity contribution in [3.63, 3.8) is 0 Å². The minimum Gasteiger partial charge on any atom is -0.480 e. The lowest BCUT2D eigenvalue weighted by atomic mass is 9.98. The Morgan fingerprint density at radius 2 is 2.14 bits per heavy atom. The molecule has 1 aromatic heterocycles. The van der Waals surface area contributed by atoms with Gasteiger partial charge in [-0.2, -0.15) is 0 Å². The summed E-state index contributed by atoms with van der Waals surface area (Å²) in [5.41, 5.74) is 4.69. The van der Waals surface area contributed by atoms with Crippen LogP contribution in [0.2, 0.25) is 0 Å². The highest BCUT2D eigenvalue weighted by Crippen LogP contribution is 2.34. The largest absolute Gasteiger partial charge is 0.480 e. The number of benzene rings is 1. The predicted octanol–water partition coefficient (Wildman–Crippen LogP) is 3.55. The lowest BCUT2D eigenvalue weighted by Crippen LogP contribution is -2.38. The smallest absolute Gasteiger partial charge is 0.325 e. The van der Waals surface area contributed by atoms with Crippen LogP contribution >= 0.6 is 11.3 Å². The van der Waals surface area contributed by atoms with Crippen molar-refractivity contribution in [1.29, 1.82) is 0 Å². The molecule has 4 heteroatoms. The lowest BCUT2D eigenvalue weighted by Gasteiger charge is -2.33.